The zero-order chi connectivity index (χ0) is 24.4. The van der Waals surface area contributed by atoms with Crippen LogP contribution >= 0.6 is 11.3 Å². The topological polar surface area (TPSA) is 137 Å². The standard InChI is InChI=1S/C23H33N5O5S/c1-17-16-34-22(23(31)32-12-7-4-9-24)21(17)26-20(30)15-28(10-5-2-3-6-11-28)14-19(29)25-18-8-13-33-27-18/h8,13,16H,2-7,9-12,14-15,24H2,1H3,(H-,25,26,27,29,30,31)/p+1. The van der Waals surface area contributed by atoms with Crippen molar-refractivity contribution in [1.29, 1.82) is 0 Å². The van der Waals surface area contributed by atoms with Crippen molar-refractivity contribution in [2.24, 2.45) is 5.73 Å². The van der Waals surface area contributed by atoms with E-state index in [1.54, 1.807) is 6.07 Å². The average Bonchev–Trinajstić information content (AvgIpc) is 3.37. The largest absolute Gasteiger partial charge is 0.461 e. The Labute approximate surface area is 203 Å². The highest BCUT2D eigenvalue weighted by atomic mass is 32.1. The molecule has 4 N–H and O–H groups in total. The summed E-state index contributed by atoms with van der Waals surface area (Å²) in [4.78, 5) is 38.8. The van der Waals surface area contributed by atoms with E-state index in [-0.39, 0.29) is 24.9 Å². The highest BCUT2D eigenvalue weighted by Crippen LogP contribution is 2.29. The molecular formula is C23H34N5O5S+. The van der Waals surface area contributed by atoms with E-state index in [4.69, 9.17) is 15.0 Å². The van der Waals surface area contributed by atoms with Crippen molar-refractivity contribution < 1.29 is 28.1 Å². The first-order valence-corrected chi connectivity index (χ1v) is 12.6. The molecule has 2 amide bonds. The number of amides is 2. The number of esters is 1. The van der Waals surface area contributed by atoms with Crippen LogP contribution in [-0.4, -0.2) is 66.8 Å². The lowest BCUT2D eigenvalue weighted by Gasteiger charge is -2.36. The van der Waals surface area contributed by atoms with Crippen LogP contribution in [0, 0.1) is 6.92 Å². The number of anilines is 2. The van der Waals surface area contributed by atoms with Gasteiger partial charge in [-0.2, -0.15) is 0 Å². The SMILES string of the molecule is Cc1csc(C(=O)OCCCCN)c1NC(=O)C[N+]1(CC(=O)Nc2ccon2)CCCCCC1. The third kappa shape index (κ3) is 7.37. The van der Waals surface area contributed by atoms with Gasteiger partial charge in [0.15, 0.2) is 18.9 Å². The quantitative estimate of drug-likeness (QED) is 0.249. The van der Waals surface area contributed by atoms with Gasteiger partial charge in [0.2, 0.25) is 0 Å². The van der Waals surface area contributed by atoms with E-state index in [1.165, 1.54) is 17.6 Å². The van der Waals surface area contributed by atoms with Crippen LogP contribution < -0.4 is 16.4 Å². The Kier molecular flexibility index (Phi) is 9.61. The van der Waals surface area contributed by atoms with Crippen LogP contribution in [0.25, 0.3) is 0 Å². The normalized spacial score (nSPS) is 15.4. The smallest absolute Gasteiger partial charge is 0.350 e. The summed E-state index contributed by atoms with van der Waals surface area (Å²) in [5.74, 6) is -0.533. The van der Waals surface area contributed by atoms with E-state index in [2.05, 4.69) is 15.8 Å². The summed E-state index contributed by atoms with van der Waals surface area (Å²) in [5, 5.41) is 11.2. The van der Waals surface area contributed by atoms with E-state index < -0.39 is 5.97 Å². The number of likely N-dealkylation sites (tertiary alicyclic amines) is 1. The summed E-state index contributed by atoms with van der Waals surface area (Å²) in [6.45, 7) is 4.47. The van der Waals surface area contributed by atoms with Crippen molar-refractivity contribution in [2.75, 3.05) is 50.0 Å². The Morgan fingerprint density at radius 2 is 1.82 bits per heavy atom. The highest BCUT2D eigenvalue weighted by Gasteiger charge is 2.35. The minimum absolute atomic E-state index is 0.145. The molecule has 0 spiro atoms. The van der Waals surface area contributed by atoms with Gasteiger partial charge in [-0.1, -0.05) is 5.16 Å². The van der Waals surface area contributed by atoms with Crippen LogP contribution in [0.5, 0.6) is 0 Å². The first-order valence-electron chi connectivity index (χ1n) is 11.7. The van der Waals surface area contributed by atoms with Crippen LogP contribution in [0.2, 0.25) is 0 Å². The van der Waals surface area contributed by atoms with Gasteiger partial charge in [0.1, 0.15) is 11.1 Å². The third-order valence-electron chi connectivity index (χ3n) is 5.93. The number of aryl methyl sites for hydroxylation is 1. The first kappa shape index (κ1) is 25.9. The van der Waals surface area contributed by atoms with Gasteiger partial charge in [0, 0.05) is 6.07 Å². The fraction of sp³-hybridized carbons (Fsp3) is 0.565. The summed E-state index contributed by atoms with van der Waals surface area (Å²) in [6.07, 6.45) is 6.93. The molecule has 0 bridgehead atoms. The van der Waals surface area contributed by atoms with E-state index in [1.807, 2.05) is 12.3 Å². The van der Waals surface area contributed by atoms with Crippen molar-refractivity contribution in [3.63, 3.8) is 0 Å². The van der Waals surface area contributed by atoms with Crippen molar-refractivity contribution in [3.8, 4) is 0 Å². The predicted molar refractivity (Wildman–Crippen MR) is 130 cm³/mol. The second kappa shape index (κ2) is 12.6. The lowest BCUT2D eigenvalue weighted by atomic mass is 10.2. The predicted octanol–water partition coefficient (Wildman–Crippen LogP) is 2.91. The summed E-state index contributed by atoms with van der Waals surface area (Å²) < 4.78 is 10.5. The first-order chi connectivity index (χ1) is 16.4. The molecule has 1 saturated heterocycles. The molecule has 0 unspecified atom stereocenters. The molecule has 3 heterocycles. The van der Waals surface area contributed by atoms with Crippen LogP contribution in [0.3, 0.4) is 0 Å². The summed E-state index contributed by atoms with van der Waals surface area (Å²) >= 11 is 1.25. The van der Waals surface area contributed by atoms with Gasteiger partial charge < -0.3 is 30.1 Å². The van der Waals surface area contributed by atoms with Crippen LogP contribution in [0.1, 0.15) is 53.8 Å². The number of hydrogen-bond donors (Lipinski definition) is 3. The number of carbonyl (C=O) groups is 3. The number of carbonyl (C=O) groups excluding carboxylic acids is 3. The molecule has 0 atom stereocenters. The zero-order valence-electron chi connectivity index (χ0n) is 19.6. The monoisotopic (exact) mass is 492 g/mol. The zero-order valence-corrected chi connectivity index (χ0v) is 20.5. The highest BCUT2D eigenvalue weighted by molar-refractivity contribution is 7.12. The number of quaternary nitrogens is 1. The van der Waals surface area contributed by atoms with Gasteiger partial charge in [-0.15, -0.1) is 11.3 Å². The van der Waals surface area contributed by atoms with Crippen molar-refractivity contribution in [2.45, 2.75) is 45.4 Å². The second-order valence-corrected chi connectivity index (χ2v) is 9.63. The van der Waals surface area contributed by atoms with Gasteiger partial charge in [0.05, 0.1) is 25.4 Å². The molecule has 1 aliphatic rings. The minimum Gasteiger partial charge on any atom is -0.461 e. The maximum absolute atomic E-state index is 13.2. The Hall–Kier alpha value is -2.76. The molecule has 10 nitrogen and oxygen atoms in total. The number of ether oxygens (including phenoxy) is 1. The third-order valence-corrected chi connectivity index (χ3v) is 7.01. The number of nitrogens with one attached hydrogen (secondary N) is 2. The van der Waals surface area contributed by atoms with Crippen molar-refractivity contribution >= 4 is 40.6 Å². The number of rotatable bonds is 11. The Balaban J connectivity index is 1.67. The molecule has 1 fully saturated rings. The molecule has 34 heavy (non-hydrogen) atoms. The van der Waals surface area contributed by atoms with Gasteiger partial charge >= 0.3 is 5.97 Å². The molecule has 0 radical (unpaired) electrons. The Morgan fingerprint density at radius 1 is 1.12 bits per heavy atom. The molecule has 0 aliphatic carbocycles. The Morgan fingerprint density at radius 3 is 2.47 bits per heavy atom. The fourth-order valence-corrected chi connectivity index (χ4v) is 5.10. The number of thiophene rings is 1. The molecule has 2 aromatic heterocycles. The van der Waals surface area contributed by atoms with Crippen LogP contribution in [0.4, 0.5) is 11.5 Å². The lowest BCUT2D eigenvalue weighted by molar-refractivity contribution is -0.912. The van der Waals surface area contributed by atoms with E-state index in [0.717, 1.165) is 50.8 Å². The van der Waals surface area contributed by atoms with Gasteiger partial charge in [-0.25, -0.2) is 4.79 Å². The maximum Gasteiger partial charge on any atom is 0.350 e. The summed E-state index contributed by atoms with van der Waals surface area (Å²) in [6, 6.07) is 1.58. The van der Waals surface area contributed by atoms with Crippen LogP contribution in [-0.2, 0) is 14.3 Å². The molecule has 3 rings (SSSR count). The second-order valence-electron chi connectivity index (χ2n) is 8.75. The molecule has 0 saturated carbocycles. The van der Waals surface area contributed by atoms with Gasteiger partial charge in [0.25, 0.3) is 11.8 Å². The fourth-order valence-electron chi connectivity index (χ4n) is 4.21. The van der Waals surface area contributed by atoms with Crippen LogP contribution in [0.15, 0.2) is 22.2 Å². The number of aromatic nitrogens is 1. The Bertz CT molecular complexity index is 951. The maximum atomic E-state index is 13.2. The average molecular weight is 493 g/mol. The van der Waals surface area contributed by atoms with Crippen molar-refractivity contribution in [3.05, 3.63) is 28.2 Å². The van der Waals surface area contributed by atoms with Gasteiger partial charge in [-0.05, 0) is 62.9 Å². The number of nitrogens with two attached hydrogens (primary N) is 1. The summed E-state index contributed by atoms with van der Waals surface area (Å²) in [5.41, 5.74) is 6.77. The van der Waals surface area contributed by atoms with E-state index >= 15 is 0 Å². The molecule has 1 aliphatic heterocycles. The van der Waals surface area contributed by atoms with Crippen molar-refractivity contribution in [1.82, 2.24) is 5.16 Å². The minimum atomic E-state index is -0.448. The summed E-state index contributed by atoms with van der Waals surface area (Å²) in [7, 11) is 0. The molecular weight excluding hydrogens is 458 g/mol. The molecule has 186 valence electrons. The number of hydrogen-bond acceptors (Lipinski definition) is 8. The molecule has 0 aromatic carbocycles. The lowest BCUT2D eigenvalue weighted by Crippen LogP contribution is -2.56. The van der Waals surface area contributed by atoms with E-state index in [0.29, 0.717) is 40.4 Å². The number of nitrogens with zero attached hydrogens (tertiary/aromatic N) is 2. The molecule has 2 aromatic rings. The van der Waals surface area contributed by atoms with Gasteiger partial charge in [-0.3, -0.25) is 9.59 Å². The molecule has 11 heteroatoms. The van der Waals surface area contributed by atoms with E-state index in [9.17, 15) is 14.4 Å². The number of unbranched alkanes of at least 4 members (excludes halogenated alkanes) is 1.